The smallest absolute Gasteiger partial charge is 0.300 e. The van der Waals surface area contributed by atoms with Crippen LogP contribution in [0.4, 0.5) is 0 Å². The van der Waals surface area contributed by atoms with E-state index in [9.17, 15) is 9.59 Å². The summed E-state index contributed by atoms with van der Waals surface area (Å²) in [6, 6.07) is 25.3. The molecule has 4 aromatic rings. The standard InChI is InChI=1S/C27H24N4O2.C2H4O2/c28-26(29)22-9-7-20-6-5-18(13-24(20)15-22)16-30-11-12-31(17-25(30)32)27(33)23-10-8-19-3-1-2-4-21(19)14-23;1-2(3)4/h1-10,13-15H,11-12,16-17H2,(H3,28,29);1H3,(H,3,4). The van der Waals surface area contributed by atoms with Gasteiger partial charge in [-0.25, -0.2) is 0 Å². The zero-order chi connectivity index (χ0) is 26.5. The summed E-state index contributed by atoms with van der Waals surface area (Å²) in [6.07, 6.45) is 0. The normalized spacial score (nSPS) is 13.3. The summed E-state index contributed by atoms with van der Waals surface area (Å²) in [7, 11) is 0. The summed E-state index contributed by atoms with van der Waals surface area (Å²) >= 11 is 0. The molecule has 1 aliphatic rings. The van der Waals surface area contributed by atoms with E-state index in [-0.39, 0.29) is 24.2 Å². The molecule has 0 bridgehead atoms. The van der Waals surface area contributed by atoms with E-state index in [4.69, 9.17) is 21.0 Å². The third-order valence-electron chi connectivity index (χ3n) is 6.19. The summed E-state index contributed by atoms with van der Waals surface area (Å²) in [6.45, 7) is 2.63. The molecule has 4 N–H and O–H groups in total. The Labute approximate surface area is 214 Å². The van der Waals surface area contributed by atoms with Gasteiger partial charge >= 0.3 is 0 Å². The summed E-state index contributed by atoms with van der Waals surface area (Å²) in [5, 5.41) is 19.2. The molecule has 5 rings (SSSR count). The Kier molecular flexibility index (Phi) is 7.48. The SMILES string of the molecule is CC(=O)O.N=C(N)c1ccc2ccc(CN3CCN(C(=O)c4ccc5ccccc5c4)CC3=O)cc2c1. The van der Waals surface area contributed by atoms with E-state index in [0.29, 0.717) is 30.8 Å². The van der Waals surface area contributed by atoms with Crippen molar-refractivity contribution in [3.63, 3.8) is 0 Å². The van der Waals surface area contributed by atoms with Gasteiger partial charge in [-0.2, -0.15) is 0 Å². The van der Waals surface area contributed by atoms with Crippen LogP contribution in [-0.4, -0.2) is 58.2 Å². The van der Waals surface area contributed by atoms with E-state index in [1.54, 1.807) is 9.80 Å². The number of carboxylic acid groups (broad SMARTS) is 1. The minimum Gasteiger partial charge on any atom is -0.481 e. The lowest BCUT2D eigenvalue weighted by molar-refractivity contribution is -0.136. The zero-order valence-corrected chi connectivity index (χ0v) is 20.5. The first-order valence-electron chi connectivity index (χ1n) is 11.8. The lowest BCUT2D eigenvalue weighted by Crippen LogP contribution is -2.51. The highest BCUT2D eigenvalue weighted by Gasteiger charge is 2.28. The van der Waals surface area contributed by atoms with Gasteiger partial charge in [-0.1, -0.05) is 54.6 Å². The number of aliphatic carboxylic acids is 1. The van der Waals surface area contributed by atoms with E-state index in [1.165, 1.54) is 0 Å². The van der Waals surface area contributed by atoms with Crippen molar-refractivity contribution < 1.29 is 19.5 Å². The number of benzene rings is 4. The van der Waals surface area contributed by atoms with Crippen molar-refractivity contribution in [3.8, 4) is 0 Å². The van der Waals surface area contributed by atoms with Crippen LogP contribution in [0, 0.1) is 5.41 Å². The number of nitrogens with two attached hydrogens (primary N) is 1. The van der Waals surface area contributed by atoms with Gasteiger partial charge < -0.3 is 20.6 Å². The van der Waals surface area contributed by atoms with Crippen molar-refractivity contribution in [2.45, 2.75) is 13.5 Å². The monoisotopic (exact) mass is 496 g/mol. The van der Waals surface area contributed by atoms with Crippen LogP contribution < -0.4 is 5.73 Å². The number of amides is 2. The summed E-state index contributed by atoms with van der Waals surface area (Å²) in [5.41, 5.74) is 7.90. The van der Waals surface area contributed by atoms with Crippen molar-refractivity contribution in [1.82, 2.24) is 9.80 Å². The Balaban J connectivity index is 0.000000747. The third-order valence-corrected chi connectivity index (χ3v) is 6.19. The zero-order valence-electron chi connectivity index (χ0n) is 20.5. The lowest BCUT2D eigenvalue weighted by atomic mass is 10.0. The first-order chi connectivity index (χ1) is 17.7. The molecule has 4 aromatic carbocycles. The summed E-state index contributed by atoms with van der Waals surface area (Å²) < 4.78 is 0. The maximum absolute atomic E-state index is 13.0. The van der Waals surface area contributed by atoms with Crippen LogP contribution >= 0.6 is 0 Å². The Morgan fingerprint density at radius 2 is 1.46 bits per heavy atom. The van der Waals surface area contributed by atoms with Gasteiger partial charge in [-0.05, 0) is 51.4 Å². The molecule has 0 saturated carbocycles. The first-order valence-corrected chi connectivity index (χ1v) is 11.8. The van der Waals surface area contributed by atoms with E-state index in [2.05, 4.69) is 0 Å². The molecule has 2 amide bonds. The number of hydrogen-bond donors (Lipinski definition) is 3. The fraction of sp³-hybridized carbons (Fsp3) is 0.172. The van der Waals surface area contributed by atoms with Crippen molar-refractivity contribution in [3.05, 3.63) is 95.6 Å². The first kappa shape index (κ1) is 25.4. The van der Waals surface area contributed by atoms with Crippen molar-refractivity contribution in [2.24, 2.45) is 5.73 Å². The Morgan fingerprint density at radius 1 is 0.865 bits per heavy atom. The lowest BCUT2D eigenvalue weighted by Gasteiger charge is -2.34. The van der Waals surface area contributed by atoms with Gasteiger partial charge in [-0.3, -0.25) is 19.8 Å². The number of carboxylic acids is 1. The van der Waals surface area contributed by atoms with Crippen molar-refractivity contribution in [2.75, 3.05) is 19.6 Å². The number of piperazine rings is 1. The molecule has 37 heavy (non-hydrogen) atoms. The van der Waals surface area contributed by atoms with Crippen molar-refractivity contribution >= 4 is 45.2 Å². The van der Waals surface area contributed by atoms with Crippen LogP contribution in [0.2, 0.25) is 0 Å². The third kappa shape index (κ3) is 6.10. The number of fused-ring (bicyclic) bond motifs is 2. The number of hydrogen-bond acceptors (Lipinski definition) is 4. The van der Waals surface area contributed by atoms with Crippen LogP contribution in [0.5, 0.6) is 0 Å². The molecule has 1 heterocycles. The fourth-order valence-electron chi connectivity index (χ4n) is 4.34. The molecule has 0 aromatic heterocycles. The van der Waals surface area contributed by atoms with Gasteiger partial charge in [0.15, 0.2) is 0 Å². The Bertz CT molecular complexity index is 1510. The average Bonchev–Trinajstić information content (AvgIpc) is 2.88. The van der Waals surface area contributed by atoms with E-state index in [0.717, 1.165) is 34.0 Å². The van der Waals surface area contributed by atoms with Crippen LogP contribution in [0.15, 0.2) is 78.9 Å². The number of amidine groups is 1. The molecule has 0 unspecified atom stereocenters. The second-order valence-corrected chi connectivity index (χ2v) is 8.93. The van der Waals surface area contributed by atoms with Gasteiger partial charge in [-0.15, -0.1) is 0 Å². The predicted molar refractivity (Wildman–Crippen MR) is 144 cm³/mol. The molecule has 0 atom stereocenters. The van der Waals surface area contributed by atoms with Crippen LogP contribution in [0.25, 0.3) is 21.5 Å². The summed E-state index contributed by atoms with van der Waals surface area (Å²) in [5.74, 6) is -0.978. The largest absolute Gasteiger partial charge is 0.481 e. The number of nitrogens with one attached hydrogen (secondary N) is 1. The van der Waals surface area contributed by atoms with E-state index in [1.807, 2.05) is 78.9 Å². The Hall–Kier alpha value is -4.72. The molecule has 1 aliphatic heterocycles. The minimum atomic E-state index is -0.833. The predicted octanol–water partition coefficient (Wildman–Crippen LogP) is 3.85. The van der Waals surface area contributed by atoms with E-state index < -0.39 is 5.97 Å². The van der Waals surface area contributed by atoms with Crippen LogP contribution in [-0.2, 0) is 16.1 Å². The van der Waals surface area contributed by atoms with Crippen LogP contribution in [0.3, 0.4) is 0 Å². The number of nitrogens with zero attached hydrogens (tertiary/aromatic N) is 2. The second kappa shape index (κ2) is 10.9. The van der Waals surface area contributed by atoms with Gasteiger partial charge in [0.05, 0.1) is 0 Å². The number of nitrogen functional groups attached to an aromatic ring is 1. The number of carbonyl (C=O) groups is 3. The highest BCUT2D eigenvalue weighted by Crippen LogP contribution is 2.21. The fourth-order valence-corrected chi connectivity index (χ4v) is 4.34. The number of rotatable bonds is 4. The molecule has 0 radical (unpaired) electrons. The summed E-state index contributed by atoms with van der Waals surface area (Å²) in [4.78, 5) is 38.3. The quantitative estimate of drug-likeness (QED) is 0.292. The Morgan fingerprint density at radius 3 is 2.14 bits per heavy atom. The van der Waals surface area contributed by atoms with Gasteiger partial charge in [0.1, 0.15) is 12.4 Å². The molecule has 8 nitrogen and oxygen atoms in total. The molecule has 1 fully saturated rings. The maximum Gasteiger partial charge on any atom is 0.300 e. The number of carbonyl (C=O) groups excluding carboxylic acids is 2. The topological polar surface area (TPSA) is 128 Å². The average molecular weight is 497 g/mol. The second-order valence-electron chi connectivity index (χ2n) is 8.93. The molecular weight excluding hydrogens is 468 g/mol. The molecule has 0 aliphatic carbocycles. The molecule has 1 saturated heterocycles. The van der Waals surface area contributed by atoms with Crippen molar-refractivity contribution in [1.29, 1.82) is 5.41 Å². The van der Waals surface area contributed by atoms with Gasteiger partial charge in [0.2, 0.25) is 5.91 Å². The molecular formula is C29H28N4O4. The molecule has 8 heteroatoms. The molecule has 188 valence electrons. The van der Waals surface area contributed by atoms with Gasteiger partial charge in [0, 0.05) is 37.7 Å². The van der Waals surface area contributed by atoms with E-state index >= 15 is 0 Å². The minimum absolute atomic E-state index is 0.0321. The highest BCUT2D eigenvalue weighted by atomic mass is 16.4. The molecule has 0 spiro atoms. The van der Waals surface area contributed by atoms with Crippen LogP contribution in [0.1, 0.15) is 28.4 Å². The maximum atomic E-state index is 13.0. The van der Waals surface area contributed by atoms with Gasteiger partial charge in [0.25, 0.3) is 11.9 Å². The highest BCUT2D eigenvalue weighted by molar-refractivity contribution is 6.01.